The number of rotatable bonds is 62. The van der Waals surface area contributed by atoms with Crippen LogP contribution in [0.1, 0.15) is 251 Å². The summed E-state index contributed by atoms with van der Waals surface area (Å²) in [5.41, 5.74) is 0.274. The summed E-state index contributed by atoms with van der Waals surface area (Å²) in [5.74, 6) is -1.59. The number of hydrogen-bond acceptors (Lipinski definition) is 36. The van der Waals surface area contributed by atoms with E-state index < -0.39 is 35.7 Å². The Hall–Kier alpha value is -4.62. The number of ether oxygens (including phenoxy) is 24. The average molecular weight is 2130 g/mol. The number of carbonyl (C=O) groups excluding carboxylic acids is 6. The van der Waals surface area contributed by atoms with Gasteiger partial charge in [0.05, 0.1) is 305 Å². The van der Waals surface area contributed by atoms with Gasteiger partial charge in [-0.2, -0.15) is 15.0 Å². The fourth-order valence-electron chi connectivity index (χ4n) is 19.4. The maximum Gasteiger partial charge on any atom is 0.338 e. The van der Waals surface area contributed by atoms with E-state index in [4.69, 9.17) is 129 Å². The quantitative estimate of drug-likeness (QED) is 0.0337. The molecule has 0 N–H and O–H groups in total. The molecule has 13 aliphatic heterocycles. The molecule has 2 aromatic rings. The molecular formula is C111H177N3O30S3. The van der Waals surface area contributed by atoms with Gasteiger partial charge < -0.3 is 114 Å². The van der Waals surface area contributed by atoms with Crippen LogP contribution in [0.3, 0.4) is 0 Å². The zero-order valence-corrected chi connectivity index (χ0v) is 93.8. The van der Waals surface area contributed by atoms with Crippen LogP contribution in [-0.4, -0.2) is 346 Å². The second-order valence-corrected chi connectivity index (χ2v) is 49.7. The van der Waals surface area contributed by atoms with Crippen LogP contribution in [0.5, 0.6) is 0 Å². The highest BCUT2D eigenvalue weighted by Crippen LogP contribution is 2.47. The number of carbonyl (C=O) groups is 6. The molecule has 0 unspecified atom stereocenters. The van der Waals surface area contributed by atoms with Crippen LogP contribution in [-0.2, 0) is 128 Å². The number of hydrogen-bond donors (Lipinski definition) is 0. The molecule has 14 aliphatic rings. The van der Waals surface area contributed by atoms with Crippen molar-refractivity contribution in [3.05, 3.63) is 34.9 Å². The average Bonchev–Trinajstić information content (AvgIpc) is 0.796. The topological polar surface area (TPSA) is 363 Å². The summed E-state index contributed by atoms with van der Waals surface area (Å²) in [7, 11) is 0. The largest absolute Gasteiger partial charge is 0.465 e. The monoisotopic (exact) mass is 2130 g/mol. The van der Waals surface area contributed by atoms with Crippen molar-refractivity contribution in [3.8, 4) is 0 Å². The normalized spacial score (nSPS) is 24.1. The highest BCUT2D eigenvalue weighted by Gasteiger charge is 2.52. The van der Waals surface area contributed by atoms with Gasteiger partial charge in [-0.1, -0.05) is 139 Å². The van der Waals surface area contributed by atoms with Gasteiger partial charge >= 0.3 is 35.8 Å². The Morgan fingerprint density at radius 2 is 0.408 bits per heavy atom. The minimum Gasteiger partial charge on any atom is -0.465 e. The summed E-state index contributed by atoms with van der Waals surface area (Å²) in [6.07, 6.45) is 15.4. The van der Waals surface area contributed by atoms with E-state index in [1.807, 2.05) is 20.8 Å². The maximum absolute atomic E-state index is 13.1. The van der Waals surface area contributed by atoms with E-state index in [0.29, 0.717) is 184 Å². The molecule has 1 saturated carbocycles. The van der Waals surface area contributed by atoms with Gasteiger partial charge in [0.2, 0.25) is 0 Å². The fraction of sp³-hybridized carbons (Fsp3) is 0.865. The minimum absolute atomic E-state index is 0.0947. The van der Waals surface area contributed by atoms with Crippen molar-refractivity contribution >= 4 is 71.1 Å². The molecule has 834 valence electrons. The number of esters is 6. The predicted octanol–water partition coefficient (Wildman–Crippen LogP) is 16.4. The zero-order valence-electron chi connectivity index (χ0n) is 91.3. The van der Waals surface area contributed by atoms with Crippen molar-refractivity contribution in [2.45, 2.75) is 235 Å². The Labute approximate surface area is 886 Å². The number of aromatic nitrogens is 3. The minimum atomic E-state index is -0.617. The molecule has 0 bridgehead atoms. The second-order valence-electron chi connectivity index (χ2n) is 46.9. The van der Waals surface area contributed by atoms with Crippen molar-refractivity contribution in [1.29, 1.82) is 0 Å². The fourth-order valence-corrected chi connectivity index (χ4v) is 22.9. The van der Waals surface area contributed by atoms with Crippen LogP contribution in [0.25, 0.3) is 0 Å². The summed E-state index contributed by atoms with van der Waals surface area (Å²) in [5, 5.41) is 2.54. The Bertz CT molecular complexity index is 3900. The second kappa shape index (κ2) is 54.4. The highest BCUT2D eigenvalue weighted by atomic mass is 32.2. The molecule has 0 spiro atoms. The summed E-state index contributed by atoms with van der Waals surface area (Å²) >= 11 is 5.27. The van der Waals surface area contributed by atoms with Crippen LogP contribution in [0.2, 0.25) is 0 Å². The van der Waals surface area contributed by atoms with E-state index in [1.54, 1.807) is 35.3 Å². The molecule has 147 heavy (non-hydrogen) atoms. The Kier molecular flexibility index (Phi) is 44.2. The Balaban J connectivity index is 0.000000165. The molecule has 0 radical (unpaired) electrons. The van der Waals surface area contributed by atoms with E-state index in [9.17, 15) is 28.8 Å². The number of thioether (sulfide) groups is 3. The third kappa shape index (κ3) is 30.8. The first-order chi connectivity index (χ1) is 70.8. The molecular weight excluding hydrogens is 1950 g/mol. The molecule has 0 atom stereocenters. The lowest BCUT2D eigenvalue weighted by Gasteiger charge is -2.44. The molecule has 16 rings (SSSR count). The zero-order chi connectivity index (χ0) is 105. The summed E-state index contributed by atoms with van der Waals surface area (Å²) in [6.45, 7) is 58.3. The predicted molar refractivity (Wildman–Crippen MR) is 552 cm³/mol. The van der Waals surface area contributed by atoms with Gasteiger partial charge in [-0.15, -0.1) is 0 Å². The molecule has 14 heterocycles. The highest BCUT2D eigenvalue weighted by molar-refractivity contribution is 8.00. The summed E-state index contributed by atoms with van der Waals surface area (Å²) in [6, 6.07) is 4.21. The molecule has 36 heteroatoms. The lowest BCUT2D eigenvalue weighted by atomic mass is 9.75. The van der Waals surface area contributed by atoms with Gasteiger partial charge in [0.25, 0.3) is 0 Å². The third-order valence-corrected chi connectivity index (χ3v) is 39.1. The molecule has 1 aromatic heterocycles. The first kappa shape index (κ1) is 119. The lowest BCUT2D eigenvalue weighted by Crippen LogP contribution is -2.49. The maximum atomic E-state index is 13.1. The molecule has 1 aliphatic carbocycles. The van der Waals surface area contributed by atoms with Gasteiger partial charge in [-0.25, -0.2) is 14.4 Å². The van der Waals surface area contributed by atoms with Gasteiger partial charge in [0.15, 0.2) is 15.5 Å². The number of nitrogens with zero attached hydrogens (tertiary/aromatic N) is 3. The molecule has 33 nitrogen and oxygen atoms in total. The lowest BCUT2D eigenvalue weighted by molar-refractivity contribution is -0.187. The smallest absolute Gasteiger partial charge is 0.338 e. The Morgan fingerprint density at radius 1 is 0.245 bits per heavy atom. The number of benzene rings is 1. The van der Waals surface area contributed by atoms with E-state index >= 15 is 0 Å². The van der Waals surface area contributed by atoms with E-state index in [-0.39, 0.29) is 136 Å². The summed E-state index contributed by atoms with van der Waals surface area (Å²) < 4.78 is 137. The first-order valence-corrected chi connectivity index (χ1v) is 58.0. The van der Waals surface area contributed by atoms with Gasteiger partial charge in [-0.3, -0.25) is 14.4 Å². The third-order valence-electron chi connectivity index (χ3n) is 35.5. The molecule has 13 saturated heterocycles. The van der Waals surface area contributed by atoms with Crippen LogP contribution < -0.4 is 0 Å². The molecule has 14 fully saturated rings. The van der Waals surface area contributed by atoms with Crippen molar-refractivity contribution in [1.82, 2.24) is 15.0 Å². The van der Waals surface area contributed by atoms with E-state index in [2.05, 4.69) is 83.1 Å². The van der Waals surface area contributed by atoms with Crippen molar-refractivity contribution in [3.63, 3.8) is 0 Å². The van der Waals surface area contributed by atoms with Gasteiger partial charge in [0.1, 0.15) is 39.6 Å². The Morgan fingerprint density at radius 3 is 0.565 bits per heavy atom. The SMILES string of the molecule is CCC1(COC(=O)C2CC(C(=O)OCC3(CC)COC3)CC(C(=O)OCC3(CC)COC3)C2)COC1.CCC1(COC(=O)c2cc(C(=O)OCC3(CC)COC3)cc(C(=O)OCC3(CC)COC3)c2)COC1.CCC1(COCC(CC)(COCC2(CC)COC2)COCC(CC)(COCC2(CC)COC2)COCC2(CC)COC2)COC1.CCC1(CSc2nc(SCC3(CC)COC3)nc(SCC3(CC)COC3)n2)COC1. The van der Waals surface area contributed by atoms with Gasteiger partial charge in [0, 0.05) is 66.0 Å². The molecule has 1 aromatic carbocycles. The van der Waals surface area contributed by atoms with Crippen molar-refractivity contribution in [2.75, 3.05) is 295 Å². The molecule has 0 amide bonds. The summed E-state index contributed by atoms with van der Waals surface area (Å²) in [4.78, 5) is 92.4. The van der Waals surface area contributed by atoms with E-state index in [1.165, 1.54) is 18.2 Å². The van der Waals surface area contributed by atoms with Gasteiger partial charge in [-0.05, 0) is 134 Å². The van der Waals surface area contributed by atoms with Crippen LogP contribution in [0.4, 0.5) is 0 Å². The van der Waals surface area contributed by atoms with Crippen LogP contribution >= 0.6 is 35.3 Å². The van der Waals surface area contributed by atoms with E-state index in [0.717, 1.165) is 222 Å². The van der Waals surface area contributed by atoms with Crippen LogP contribution in [0.15, 0.2) is 33.7 Å². The van der Waals surface area contributed by atoms with Crippen molar-refractivity contribution in [2.24, 2.45) is 99.0 Å². The van der Waals surface area contributed by atoms with Crippen LogP contribution in [0, 0.1) is 99.0 Å². The van der Waals surface area contributed by atoms with Crippen molar-refractivity contribution < 1.29 is 142 Å². The standard InChI is InChI=1S/C36H66O9.C27H42O9.C27H36O9.C21H33N3O3S3/c1-7-31(13-37-14-31)21-41-25-35(11-5,26-42-22-32(8-2)15-38-16-32)29-45-30-36(12-6,27-43-23-33(9-3)17-39-18-33)28-44-24-34(10-4)19-40-20-34;2*1-4-25(10-31-11-25)16-34-22(28)19-7-20(23(29)35-17-26(5-2)12-32-13-26)9-21(8-19)24(30)36-18-27(6-3)14-33-15-27;1-4-19(7-25-8-19)13-28-16-22-17(29-14-20(5-2)9-26-10-20)24-18(23-16)30-15-21(6-3)11-27-12-21/h7-30H2,1-6H3;19-21H,4-18H2,1-3H3;7-9H,4-6,10-18H2,1-3H3;4-15H2,1-3H3. The first-order valence-electron chi connectivity index (χ1n) is 55.0.